The fourth-order valence-corrected chi connectivity index (χ4v) is 4.32. The Morgan fingerprint density at radius 2 is 1.86 bits per heavy atom. The Morgan fingerprint density at radius 3 is 2.54 bits per heavy atom. The van der Waals surface area contributed by atoms with Crippen LogP contribution in [0.2, 0.25) is 0 Å². The molecule has 1 aromatic carbocycles. The van der Waals surface area contributed by atoms with Crippen LogP contribution in [0.3, 0.4) is 0 Å². The molecule has 28 heavy (non-hydrogen) atoms. The van der Waals surface area contributed by atoms with Gasteiger partial charge >= 0.3 is 0 Å². The van der Waals surface area contributed by atoms with Crippen molar-refractivity contribution in [3.8, 4) is 5.75 Å². The zero-order chi connectivity index (χ0) is 18.6. The van der Waals surface area contributed by atoms with Gasteiger partial charge in [0, 0.05) is 51.9 Å². The van der Waals surface area contributed by atoms with E-state index in [0.29, 0.717) is 11.7 Å². The maximum atomic E-state index is 10.1. The molecular formula is C21H34IN5O. The predicted octanol–water partition coefficient (Wildman–Crippen LogP) is 2.58. The van der Waals surface area contributed by atoms with Crippen LogP contribution in [0.15, 0.2) is 29.3 Å². The summed E-state index contributed by atoms with van der Waals surface area (Å²) >= 11 is 0. The molecule has 3 aliphatic rings. The number of nitrogens with zero attached hydrogens (tertiary/aromatic N) is 4. The van der Waals surface area contributed by atoms with Crippen molar-refractivity contribution in [2.45, 2.75) is 32.2 Å². The van der Waals surface area contributed by atoms with Crippen molar-refractivity contribution < 1.29 is 5.11 Å². The highest BCUT2D eigenvalue weighted by molar-refractivity contribution is 14.0. The van der Waals surface area contributed by atoms with Gasteiger partial charge in [0.25, 0.3) is 0 Å². The zero-order valence-electron chi connectivity index (χ0n) is 16.9. The molecule has 2 N–H and O–H groups in total. The topological polar surface area (TPSA) is 54.3 Å². The maximum absolute atomic E-state index is 10.1. The van der Waals surface area contributed by atoms with E-state index in [2.05, 4.69) is 26.9 Å². The van der Waals surface area contributed by atoms with Crippen molar-refractivity contribution in [2.24, 2.45) is 10.9 Å². The number of para-hydroxylation sites is 2. The minimum absolute atomic E-state index is 0. The molecule has 0 bridgehead atoms. The smallest absolute Gasteiger partial charge is 0.194 e. The summed E-state index contributed by atoms with van der Waals surface area (Å²) in [6.45, 7) is 10.1. The first kappa shape index (κ1) is 21.5. The number of aliphatic imine (C=N–C) groups is 1. The molecule has 2 heterocycles. The fraction of sp³-hybridized carbons (Fsp3) is 0.667. The summed E-state index contributed by atoms with van der Waals surface area (Å²) in [4.78, 5) is 12.3. The van der Waals surface area contributed by atoms with Crippen LogP contribution in [0, 0.1) is 5.92 Å². The SMILES string of the molecule is CCNC(=NCC1CCN(C2CC2)C1)N1CCN(c2ccccc2O)CC1.I. The monoisotopic (exact) mass is 499 g/mol. The number of hydrogen-bond acceptors (Lipinski definition) is 4. The molecule has 6 nitrogen and oxygen atoms in total. The average Bonchev–Trinajstić information content (AvgIpc) is 3.44. The highest BCUT2D eigenvalue weighted by atomic mass is 127. The second kappa shape index (κ2) is 10.0. The van der Waals surface area contributed by atoms with E-state index in [4.69, 9.17) is 4.99 Å². The molecule has 7 heteroatoms. The van der Waals surface area contributed by atoms with Gasteiger partial charge in [-0.1, -0.05) is 12.1 Å². The number of hydrogen-bond donors (Lipinski definition) is 2. The molecule has 0 spiro atoms. The maximum Gasteiger partial charge on any atom is 0.194 e. The number of phenolic OH excluding ortho intramolecular Hbond substituents is 1. The Bertz CT molecular complexity index is 658. The molecule has 1 aromatic rings. The molecule has 0 aromatic heterocycles. The van der Waals surface area contributed by atoms with Crippen LogP contribution in [0.5, 0.6) is 5.75 Å². The third-order valence-electron chi connectivity index (χ3n) is 6.02. The summed E-state index contributed by atoms with van der Waals surface area (Å²) in [5, 5.41) is 13.6. The van der Waals surface area contributed by atoms with Gasteiger partial charge in [0.1, 0.15) is 5.75 Å². The van der Waals surface area contributed by atoms with Gasteiger partial charge in [-0.15, -0.1) is 24.0 Å². The lowest BCUT2D eigenvalue weighted by Crippen LogP contribution is -2.52. The van der Waals surface area contributed by atoms with Crippen molar-refractivity contribution in [2.75, 3.05) is 57.3 Å². The van der Waals surface area contributed by atoms with Crippen LogP contribution >= 0.6 is 24.0 Å². The summed E-state index contributed by atoms with van der Waals surface area (Å²) in [5.41, 5.74) is 0.935. The van der Waals surface area contributed by atoms with Crippen LogP contribution in [-0.4, -0.2) is 79.3 Å². The van der Waals surface area contributed by atoms with Gasteiger partial charge in [0.05, 0.1) is 5.69 Å². The number of phenols is 1. The first-order chi connectivity index (χ1) is 13.2. The van der Waals surface area contributed by atoms with Gasteiger partial charge in [0.2, 0.25) is 0 Å². The number of guanidine groups is 1. The number of benzene rings is 1. The molecule has 2 aliphatic heterocycles. The van der Waals surface area contributed by atoms with E-state index in [0.717, 1.165) is 57.0 Å². The lowest BCUT2D eigenvalue weighted by Gasteiger charge is -2.38. The third-order valence-corrected chi connectivity index (χ3v) is 6.02. The van der Waals surface area contributed by atoms with Crippen LogP contribution in [-0.2, 0) is 0 Å². The number of aromatic hydroxyl groups is 1. The Hall–Kier alpha value is -1.22. The van der Waals surface area contributed by atoms with Crippen molar-refractivity contribution in [1.82, 2.24) is 15.1 Å². The minimum atomic E-state index is 0. The Balaban J connectivity index is 0.00000225. The number of halogens is 1. The van der Waals surface area contributed by atoms with E-state index in [9.17, 15) is 5.11 Å². The summed E-state index contributed by atoms with van der Waals surface area (Å²) in [6, 6.07) is 8.50. The third kappa shape index (κ3) is 5.23. The number of piperazine rings is 1. The molecule has 156 valence electrons. The van der Waals surface area contributed by atoms with E-state index in [-0.39, 0.29) is 24.0 Å². The average molecular weight is 499 g/mol. The first-order valence-electron chi connectivity index (χ1n) is 10.5. The molecular weight excluding hydrogens is 465 g/mol. The normalized spacial score (nSPS) is 23.6. The predicted molar refractivity (Wildman–Crippen MR) is 126 cm³/mol. The lowest BCUT2D eigenvalue weighted by atomic mass is 10.1. The van der Waals surface area contributed by atoms with Crippen LogP contribution in [0.4, 0.5) is 5.69 Å². The van der Waals surface area contributed by atoms with Gasteiger partial charge < -0.3 is 25.1 Å². The standard InChI is InChI=1S/C21H33N5O.HI/c1-2-22-21(23-15-17-9-10-26(16-17)18-7-8-18)25-13-11-24(12-14-25)19-5-3-4-6-20(19)27;/h3-6,17-18,27H,2,7-16H2,1H3,(H,22,23);1H. The highest BCUT2D eigenvalue weighted by Gasteiger charge is 2.34. The molecule has 1 aliphatic carbocycles. The Morgan fingerprint density at radius 1 is 1.11 bits per heavy atom. The molecule has 0 amide bonds. The van der Waals surface area contributed by atoms with Gasteiger partial charge in [0.15, 0.2) is 5.96 Å². The first-order valence-corrected chi connectivity index (χ1v) is 10.5. The van der Waals surface area contributed by atoms with Crippen molar-refractivity contribution in [1.29, 1.82) is 0 Å². The van der Waals surface area contributed by atoms with Gasteiger partial charge in [-0.05, 0) is 50.8 Å². The van der Waals surface area contributed by atoms with Crippen LogP contribution < -0.4 is 10.2 Å². The number of anilines is 1. The van der Waals surface area contributed by atoms with Crippen molar-refractivity contribution in [3.63, 3.8) is 0 Å². The second-order valence-corrected chi connectivity index (χ2v) is 8.04. The summed E-state index contributed by atoms with van der Waals surface area (Å²) in [6.07, 6.45) is 4.10. The van der Waals surface area contributed by atoms with E-state index in [1.807, 2.05) is 18.2 Å². The number of rotatable bonds is 5. The lowest BCUT2D eigenvalue weighted by molar-refractivity contribution is 0.315. The van der Waals surface area contributed by atoms with Crippen LogP contribution in [0.1, 0.15) is 26.2 Å². The second-order valence-electron chi connectivity index (χ2n) is 8.04. The molecule has 1 atom stereocenters. The highest BCUT2D eigenvalue weighted by Crippen LogP contribution is 2.32. The summed E-state index contributed by atoms with van der Waals surface area (Å²) in [7, 11) is 0. The Kier molecular flexibility index (Phi) is 7.68. The molecule has 1 unspecified atom stereocenters. The van der Waals surface area contributed by atoms with E-state index < -0.39 is 0 Å². The zero-order valence-corrected chi connectivity index (χ0v) is 19.2. The molecule has 0 radical (unpaired) electrons. The van der Waals surface area contributed by atoms with Crippen molar-refractivity contribution >= 4 is 35.6 Å². The van der Waals surface area contributed by atoms with Gasteiger partial charge in [-0.2, -0.15) is 0 Å². The summed E-state index contributed by atoms with van der Waals surface area (Å²) in [5.74, 6) is 2.13. The largest absolute Gasteiger partial charge is 0.506 e. The van der Waals surface area contributed by atoms with E-state index >= 15 is 0 Å². The molecule has 3 fully saturated rings. The van der Waals surface area contributed by atoms with E-state index in [1.54, 1.807) is 6.07 Å². The molecule has 4 rings (SSSR count). The minimum Gasteiger partial charge on any atom is -0.506 e. The Labute approximate surface area is 186 Å². The number of nitrogens with one attached hydrogen (secondary N) is 1. The van der Waals surface area contributed by atoms with Crippen LogP contribution in [0.25, 0.3) is 0 Å². The van der Waals surface area contributed by atoms with Crippen molar-refractivity contribution in [3.05, 3.63) is 24.3 Å². The van der Waals surface area contributed by atoms with Gasteiger partial charge in [-0.25, -0.2) is 0 Å². The molecule has 1 saturated carbocycles. The quantitative estimate of drug-likeness (QED) is 0.371. The molecule has 2 saturated heterocycles. The number of likely N-dealkylation sites (tertiary alicyclic amines) is 1. The fourth-order valence-electron chi connectivity index (χ4n) is 4.32. The van der Waals surface area contributed by atoms with Gasteiger partial charge in [-0.3, -0.25) is 4.99 Å². The summed E-state index contributed by atoms with van der Waals surface area (Å²) < 4.78 is 0. The van der Waals surface area contributed by atoms with E-state index in [1.165, 1.54) is 32.4 Å².